The van der Waals surface area contributed by atoms with Gasteiger partial charge < -0.3 is 0 Å². The molecule has 0 radical (unpaired) electrons. The van der Waals surface area contributed by atoms with Crippen LogP contribution in [-0.2, 0) is 0 Å². The second-order valence-electron chi connectivity index (χ2n) is 8.84. The van der Waals surface area contributed by atoms with Gasteiger partial charge in [-0.05, 0) is 44.7 Å². The van der Waals surface area contributed by atoms with E-state index in [1.807, 2.05) is 23.1 Å². The van der Waals surface area contributed by atoms with Crippen molar-refractivity contribution >= 4 is 38.8 Å². The van der Waals surface area contributed by atoms with Crippen molar-refractivity contribution in [2.75, 3.05) is 0 Å². The highest BCUT2D eigenvalue weighted by Gasteiger charge is 2.41. The maximum Gasteiger partial charge on any atom is 0.0454 e. The molecule has 2 unspecified atom stereocenters. The second-order valence-corrected chi connectivity index (χ2v) is 11.1. The summed E-state index contributed by atoms with van der Waals surface area (Å²) in [6, 6.07) is 33.6. The molecule has 4 aromatic carbocycles. The minimum Gasteiger partial charge on any atom is -0.135 e. The first kappa shape index (κ1) is 17.5. The van der Waals surface area contributed by atoms with E-state index in [0.717, 1.165) is 0 Å². The van der Waals surface area contributed by atoms with Crippen LogP contribution in [0.25, 0.3) is 47.7 Å². The average Bonchev–Trinajstić information content (AvgIpc) is 3.59. The van der Waals surface area contributed by atoms with Crippen LogP contribution >= 0.6 is 23.1 Å². The third-order valence-electron chi connectivity index (χ3n) is 7.19. The first-order valence-electron chi connectivity index (χ1n) is 11.1. The van der Waals surface area contributed by atoms with E-state index in [-0.39, 0.29) is 0 Å². The highest BCUT2D eigenvalue weighted by molar-refractivity contribution is 8.08. The molecule has 0 saturated heterocycles. The van der Waals surface area contributed by atoms with Gasteiger partial charge in [-0.3, -0.25) is 0 Å². The van der Waals surface area contributed by atoms with E-state index in [1.54, 1.807) is 0 Å². The van der Waals surface area contributed by atoms with Gasteiger partial charge in [-0.15, -0.1) is 23.1 Å². The largest absolute Gasteiger partial charge is 0.135 e. The summed E-state index contributed by atoms with van der Waals surface area (Å²) >= 11 is 3.98. The zero-order valence-corrected chi connectivity index (χ0v) is 18.8. The third-order valence-corrected chi connectivity index (χ3v) is 9.83. The van der Waals surface area contributed by atoms with Crippen LogP contribution in [0.15, 0.2) is 97.1 Å². The summed E-state index contributed by atoms with van der Waals surface area (Å²) in [5.74, 6) is 0.480. The van der Waals surface area contributed by atoms with Crippen LogP contribution in [0.4, 0.5) is 0 Å². The first-order chi connectivity index (χ1) is 15.9. The van der Waals surface area contributed by atoms with Crippen molar-refractivity contribution in [3.63, 3.8) is 0 Å². The van der Waals surface area contributed by atoms with E-state index in [1.165, 1.54) is 64.4 Å². The van der Waals surface area contributed by atoms with Crippen molar-refractivity contribution in [2.45, 2.75) is 11.2 Å². The molecular formula is C30H18S2. The summed E-state index contributed by atoms with van der Waals surface area (Å²) in [6.07, 6.45) is 2.51. The molecule has 0 saturated carbocycles. The van der Waals surface area contributed by atoms with Crippen molar-refractivity contribution < 1.29 is 0 Å². The molecule has 0 N–H and O–H groups in total. The van der Waals surface area contributed by atoms with Gasteiger partial charge >= 0.3 is 0 Å². The molecule has 0 nitrogen and oxygen atoms in total. The molecule has 2 heteroatoms. The van der Waals surface area contributed by atoms with Gasteiger partial charge in [0.15, 0.2) is 0 Å². The lowest BCUT2D eigenvalue weighted by Crippen LogP contribution is -1.92. The Hall–Kier alpha value is -3.07. The fraction of sp³-hybridized carbons (Fsp3) is 0.0667. The minimum atomic E-state index is 0.480. The fourth-order valence-electron chi connectivity index (χ4n) is 5.79. The van der Waals surface area contributed by atoms with Crippen LogP contribution in [0.1, 0.15) is 27.9 Å². The van der Waals surface area contributed by atoms with Crippen molar-refractivity contribution in [1.82, 2.24) is 0 Å². The number of benzene rings is 4. The molecule has 5 aromatic rings. The zero-order valence-electron chi connectivity index (χ0n) is 17.2. The summed E-state index contributed by atoms with van der Waals surface area (Å²) in [5.41, 5.74) is 9.97. The predicted molar refractivity (Wildman–Crippen MR) is 139 cm³/mol. The van der Waals surface area contributed by atoms with Crippen LogP contribution in [0.2, 0.25) is 0 Å². The number of fused-ring (bicyclic) bond motifs is 6. The maximum atomic E-state index is 2.51. The Balaban J connectivity index is 1.29. The van der Waals surface area contributed by atoms with Crippen molar-refractivity contribution in [3.05, 3.63) is 114 Å². The molecule has 1 aliphatic heterocycles. The molecule has 0 amide bonds. The number of hydrogen-bond acceptors (Lipinski definition) is 2. The molecule has 32 heavy (non-hydrogen) atoms. The van der Waals surface area contributed by atoms with Crippen molar-refractivity contribution in [3.8, 4) is 32.0 Å². The monoisotopic (exact) mass is 442 g/mol. The van der Waals surface area contributed by atoms with Crippen LogP contribution in [0, 0.1) is 0 Å². The quantitative estimate of drug-likeness (QED) is 0.258. The average molecular weight is 443 g/mol. The van der Waals surface area contributed by atoms with E-state index in [0.29, 0.717) is 11.2 Å². The van der Waals surface area contributed by atoms with Gasteiger partial charge in [0.05, 0.1) is 0 Å². The molecule has 150 valence electrons. The lowest BCUT2D eigenvalue weighted by Gasteiger charge is -2.11. The lowest BCUT2D eigenvalue weighted by atomic mass is 9.95. The number of hydrogen-bond donors (Lipinski definition) is 0. The Kier molecular flexibility index (Phi) is 3.41. The number of thiophene rings is 1. The Bertz CT molecular complexity index is 1560. The lowest BCUT2D eigenvalue weighted by molar-refractivity contribution is 0.878. The molecule has 2 heterocycles. The van der Waals surface area contributed by atoms with Crippen LogP contribution in [0.3, 0.4) is 0 Å². The van der Waals surface area contributed by atoms with Crippen molar-refractivity contribution in [1.29, 1.82) is 0 Å². The van der Waals surface area contributed by atoms with Crippen molar-refractivity contribution in [2.24, 2.45) is 0 Å². The van der Waals surface area contributed by atoms with Gasteiger partial charge in [0, 0.05) is 37.0 Å². The third kappa shape index (κ3) is 2.19. The predicted octanol–water partition coefficient (Wildman–Crippen LogP) is 9.14. The summed E-state index contributed by atoms with van der Waals surface area (Å²) in [6.45, 7) is 0. The number of allylic oxidation sites excluding steroid dienone is 1. The Labute approximate surface area is 195 Å². The molecule has 1 aromatic heterocycles. The molecule has 2 aliphatic carbocycles. The van der Waals surface area contributed by atoms with Crippen LogP contribution in [-0.4, -0.2) is 0 Å². The number of thioether (sulfide) groups is 1. The van der Waals surface area contributed by atoms with Gasteiger partial charge in [-0.1, -0.05) is 91.0 Å². The maximum absolute atomic E-state index is 2.51. The normalized spacial score (nSPS) is 19.3. The van der Waals surface area contributed by atoms with Gasteiger partial charge in [0.25, 0.3) is 0 Å². The van der Waals surface area contributed by atoms with Crippen LogP contribution < -0.4 is 0 Å². The van der Waals surface area contributed by atoms with Gasteiger partial charge in [-0.2, -0.15) is 0 Å². The Morgan fingerprint density at radius 3 is 2.12 bits per heavy atom. The SMILES string of the molecule is C1=C(c2ccccc2)SC2c3ccc4c5c(ccc(c35)C12)-c1cc(-c2ccccc2)sc1-4. The Morgan fingerprint density at radius 2 is 1.31 bits per heavy atom. The summed E-state index contributed by atoms with van der Waals surface area (Å²) in [7, 11) is 0. The molecule has 2 atom stereocenters. The highest BCUT2D eigenvalue weighted by Crippen LogP contribution is 2.64. The van der Waals surface area contributed by atoms with E-state index in [4.69, 9.17) is 0 Å². The molecule has 0 bridgehead atoms. The molecular weight excluding hydrogens is 424 g/mol. The standard InChI is InChI=1S/C30H18S2/c1-3-7-17(8-4-1)25-15-23-19-11-12-20-24-16-26(18-9-5-2-6-10-18)32-30(24)22-14-13-21(29(23)31-25)27(19)28(20)22/h1-16,23,29H. The minimum absolute atomic E-state index is 0.480. The van der Waals surface area contributed by atoms with E-state index < -0.39 is 0 Å². The Morgan fingerprint density at radius 1 is 0.594 bits per heavy atom. The zero-order chi connectivity index (χ0) is 20.8. The number of rotatable bonds is 2. The van der Waals surface area contributed by atoms with Gasteiger partial charge in [0.1, 0.15) is 0 Å². The smallest absolute Gasteiger partial charge is 0.0454 e. The highest BCUT2D eigenvalue weighted by atomic mass is 32.2. The topological polar surface area (TPSA) is 0 Å². The molecule has 3 aliphatic rings. The van der Waals surface area contributed by atoms with Gasteiger partial charge in [0.2, 0.25) is 0 Å². The molecule has 8 rings (SSSR count). The van der Waals surface area contributed by atoms with E-state index in [2.05, 4.69) is 97.1 Å². The fourth-order valence-corrected chi connectivity index (χ4v) is 8.47. The van der Waals surface area contributed by atoms with Gasteiger partial charge in [-0.25, -0.2) is 0 Å². The second kappa shape index (κ2) is 6.25. The molecule has 0 fully saturated rings. The molecule has 0 spiro atoms. The first-order valence-corrected chi connectivity index (χ1v) is 12.8. The van der Waals surface area contributed by atoms with E-state index in [9.17, 15) is 0 Å². The summed E-state index contributed by atoms with van der Waals surface area (Å²) in [5, 5.41) is 3.52. The van der Waals surface area contributed by atoms with E-state index >= 15 is 0 Å². The summed E-state index contributed by atoms with van der Waals surface area (Å²) < 4.78 is 0. The van der Waals surface area contributed by atoms with Crippen LogP contribution in [0.5, 0.6) is 0 Å². The summed E-state index contributed by atoms with van der Waals surface area (Å²) in [4.78, 5) is 4.22.